The van der Waals surface area contributed by atoms with Crippen molar-refractivity contribution in [2.24, 2.45) is 0 Å². The molecular weight excluding hydrogens is 254 g/mol. The van der Waals surface area contributed by atoms with Crippen LogP contribution in [0.15, 0.2) is 24.3 Å². The molecule has 1 fully saturated rings. The molecule has 1 aliphatic rings. The van der Waals surface area contributed by atoms with Crippen molar-refractivity contribution < 1.29 is 14.7 Å². The van der Waals surface area contributed by atoms with Crippen LogP contribution in [0.25, 0.3) is 0 Å². The van der Waals surface area contributed by atoms with Crippen molar-refractivity contribution in [2.75, 3.05) is 0 Å². The molecule has 96 valence electrons. The van der Waals surface area contributed by atoms with E-state index in [2.05, 4.69) is 5.32 Å². The predicted octanol–water partition coefficient (Wildman–Crippen LogP) is 1.96. The van der Waals surface area contributed by atoms with Gasteiger partial charge in [0.15, 0.2) is 0 Å². The maximum atomic E-state index is 12.2. The van der Waals surface area contributed by atoms with Gasteiger partial charge in [-0.2, -0.15) is 0 Å². The van der Waals surface area contributed by atoms with Crippen LogP contribution in [-0.2, 0) is 15.0 Å². The summed E-state index contributed by atoms with van der Waals surface area (Å²) >= 11 is 6.10. The Morgan fingerprint density at radius 2 is 2.00 bits per heavy atom. The van der Waals surface area contributed by atoms with Gasteiger partial charge < -0.3 is 10.4 Å². The van der Waals surface area contributed by atoms with Crippen molar-refractivity contribution >= 4 is 23.5 Å². The summed E-state index contributed by atoms with van der Waals surface area (Å²) in [5, 5.41) is 11.9. The highest BCUT2D eigenvalue weighted by Gasteiger charge is 2.52. The highest BCUT2D eigenvalue weighted by molar-refractivity contribution is 6.31. The largest absolute Gasteiger partial charge is 0.480 e. The molecule has 0 aromatic heterocycles. The standard InChI is InChI=1S/C13H14ClNO3/c1-8(11(16)17)15-12(18)13(6-7-13)9-4-2-3-5-10(9)14/h2-5,8H,6-7H2,1H3,(H,15,18)(H,16,17). The lowest BCUT2D eigenvalue weighted by atomic mass is 9.94. The summed E-state index contributed by atoms with van der Waals surface area (Å²) in [7, 11) is 0. The van der Waals surface area contributed by atoms with E-state index in [1.165, 1.54) is 6.92 Å². The van der Waals surface area contributed by atoms with Crippen LogP contribution in [0, 0.1) is 0 Å². The van der Waals surface area contributed by atoms with E-state index in [0.29, 0.717) is 17.9 Å². The number of nitrogens with one attached hydrogen (secondary N) is 1. The van der Waals surface area contributed by atoms with Gasteiger partial charge >= 0.3 is 5.97 Å². The maximum Gasteiger partial charge on any atom is 0.325 e. The molecule has 18 heavy (non-hydrogen) atoms. The van der Waals surface area contributed by atoms with Crippen molar-refractivity contribution in [1.29, 1.82) is 0 Å². The summed E-state index contributed by atoms with van der Waals surface area (Å²) in [4.78, 5) is 22.9. The van der Waals surface area contributed by atoms with Gasteiger partial charge in [0.2, 0.25) is 5.91 Å². The number of halogens is 1. The molecule has 1 aliphatic carbocycles. The number of rotatable bonds is 4. The lowest BCUT2D eigenvalue weighted by Crippen LogP contribution is -2.44. The Hall–Kier alpha value is -1.55. The summed E-state index contributed by atoms with van der Waals surface area (Å²) in [6, 6.07) is 6.30. The first-order valence-corrected chi connectivity index (χ1v) is 6.14. The van der Waals surface area contributed by atoms with Gasteiger partial charge in [-0.05, 0) is 31.4 Å². The molecule has 0 bridgehead atoms. The Bertz CT molecular complexity index is 497. The highest BCUT2D eigenvalue weighted by Crippen LogP contribution is 2.50. The zero-order valence-electron chi connectivity index (χ0n) is 9.94. The molecule has 5 heteroatoms. The molecule has 1 amide bonds. The number of carboxylic acids is 1. The fourth-order valence-electron chi connectivity index (χ4n) is 1.99. The third-order valence-electron chi connectivity index (χ3n) is 3.29. The molecule has 0 spiro atoms. The van der Waals surface area contributed by atoms with Crippen molar-refractivity contribution in [3.05, 3.63) is 34.9 Å². The van der Waals surface area contributed by atoms with Gasteiger partial charge in [-0.1, -0.05) is 29.8 Å². The Kier molecular flexibility index (Phi) is 3.30. The van der Waals surface area contributed by atoms with Gasteiger partial charge in [0.05, 0.1) is 5.41 Å². The summed E-state index contributed by atoms with van der Waals surface area (Å²) in [5.41, 5.74) is 0.143. The van der Waals surface area contributed by atoms with Crippen LogP contribution in [0.4, 0.5) is 0 Å². The maximum absolute atomic E-state index is 12.2. The molecule has 0 aliphatic heterocycles. The van der Waals surface area contributed by atoms with Gasteiger partial charge in [0, 0.05) is 5.02 Å². The smallest absolute Gasteiger partial charge is 0.325 e. The molecule has 0 saturated heterocycles. The molecule has 1 atom stereocenters. The molecule has 2 rings (SSSR count). The third kappa shape index (κ3) is 2.20. The van der Waals surface area contributed by atoms with Gasteiger partial charge in [-0.15, -0.1) is 0 Å². The average molecular weight is 268 g/mol. The SMILES string of the molecule is CC(NC(=O)C1(c2ccccc2Cl)CC1)C(=O)O. The summed E-state index contributed by atoms with van der Waals surface area (Å²) < 4.78 is 0. The predicted molar refractivity (Wildman–Crippen MR) is 67.6 cm³/mol. The summed E-state index contributed by atoms with van der Waals surface area (Å²) in [5.74, 6) is -1.30. The first-order valence-electron chi connectivity index (χ1n) is 5.76. The van der Waals surface area contributed by atoms with E-state index in [1.807, 2.05) is 12.1 Å². The number of carbonyl (C=O) groups is 2. The molecule has 0 heterocycles. The molecule has 1 aromatic carbocycles. The lowest BCUT2D eigenvalue weighted by Gasteiger charge is -2.18. The van der Waals surface area contributed by atoms with Gasteiger partial charge in [-0.25, -0.2) is 0 Å². The molecule has 1 aromatic rings. The Morgan fingerprint density at radius 3 is 2.50 bits per heavy atom. The molecule has 1 saturated carbocycles. The fraction of sp³-hybridized carbons (Fsp3) is 0.385. The number of hydrogen-bond donors (Lipinski definition) is 2. The van der Waals surface area contributed by atoms with E-state index in [9.17, 15) is 9.59 Å². The number of carbonyl (C=O) groups excluding carboxylic acids is 1. The second-order valence-electron chi connectivity index (χ2n) is 4.60. The molecule has 4 nitrogen and oxygen atoms in total. The van der Waals surface area contributed by atoms with Crippen molar-refractivity contribution in [1.82, 2.24) is 5.32 Å². The van der Waals surface area contributed by atoms with Crippen molar-refractivity contribution in [2.45, 2.75) is 31.2 Å². The van der Waals surface area contributed by atoms with Crippen LogP contribution in [-0.4, -0.2) is 23.0 Å². The van der Waals surface area contributed by atoms with E-state index < -0.39 is 17.4 Å². The second kappa shape index (κ2) is 4.61. The van der Waals surface area contributed by atoms with Crippen molar-refractivity contribution in [3.63, 3.8) is 0 Å². The Balaban J connectivity index is 2.20. The van der Waals surface area contributed by atoms with Gasteiger partial charge in [0.25, 0.3) is 0 Å². The molecular formula is C13H14ClNO3. The number of aliphatic carboxylic acids is 1. The minimum Gasteiger partial charge on any atom is -0.480 e. The number of benzene rings is 1. The van der Waals surface area contributed by atoms with Crippen LogP contribution in [0.1, 0.15) is 25.3 Å². The zero-order valence-corrected chi connectivity index (χ0v) is 10.7. The van der Waals surface area contributed by atoms with Gasteiger partial charge in [-0.3, -0.25) is 9.59 Å². The molecule has 0 radical (unpaired) electrons. The average Bonchev–Trinajstić information content (AvgIpc) is 3.10. The topological polar surface area (TPSA) is 66.4 Å². The summed E-state index contributed by atoms with van der Waals surface area (Å²) in [6.07, 6.45) is 1.41. The Morgan fingerprint density at radius 1 is 1.39 bits per heavy atom. The first kappa shape index (κ1) is 12.9. The quantitative estimate of drug-likeness (QED) is 0.876. The van der Waals surface area contributed by atoms with E-state index in [1.54, 1.807) is 12.1 Å². The number of carboxylic acid groups (broad SMARTS) is 1. The molecule has 1 unspecified atom stereocenters. The Labute approximate surface area is 110 Å². The van der Waals surface area contributed by atoms with E-state index in [0.717, 1.165) is 5.56 Å². The van der Waals surface area contributed by atoms with Crippen LogP contribution >= 0.6 is 11.6 Å². The summed E-state index contributed by atoms with van der Waals surface area (Å²) in [6.45, 7) is 1.45. The van der Waals surface area contributed by atoms with Crippen molar-refractivity contribution in [3.8, 4) is 0 Å². The van der Waals surface area contributed by atoms with Crippen LogP contribution in [0.2, 0.25) is 5.02 Å². The second-order valence-corrected chi connectivity index (χ2v) is 5.00. The van der Waals surface area contributed by atoms with Crippen LogP contribution in [0.5, 0.6) is 0 Å². The van der Waals surface area contributed by atoms with E-state index >= 15 is 0 Å². The normalized spacial score (nSPS) is 17.9. The van der Waals surface area contributed by atoms with Crippen LogP contribution in [0.3, 0.4) is 0 Å². The van der Waals surface area contributed by atoms with Gasteiger partial charge in [0.1, 0.15) is 6.04 Å². The first-order chi connectivity index (χ1) is 8.47. The lowest BCUT2D eigenvalue weighted by molar-refractivity contribution is -0.141. The third-order valence-corrected chi connectivity index (χ3v) is 3.62. The highest BCUT2D eigenvalue weighted by atomic mass is 35.5. The van der Waals surface area contributed by atoms with E-state index in [-0.39, 0.29) is 5.91 Å². The minimum absolute atomic E-state index is 0.259. The minimum atomic E-state index is -1.04. The van der Waals surface area contributed by atoms with Crippen LogP contribution < -0.4 is 5.32 Å². The fourth-order valence-corrected chi connectivity index (χ4v) is 2.31. The zero-order chi connectivity index (χ0) is 13.3. The number of hydrogen-bond acceptors (Lipinski definition) is 2. The van der Waals surface area contributed by atoms with E-state index in [4.69, 9.17) is 16.7 Å². The number of amides is 1. The monoisotopic (exact) mass is 267 g/mol. The molecule has 2 N–H and O–H groups in total.